The molecule has 0 unspecified atom stereocenters. The second-order valence-electron chi connectivity index (χ2n) is 6.30. The van der Waals surface area contributed by atoms with Crippen LogP contribution in [0.4, 0.5) is 10.6 Å². The fraction of sp³-hybridized carbons (Fsp3) is 0.412. The number of likely N-dealkylation sites (tertiary alicyclic amines) is 1. The van der Waals surface area contributed by atoms with Crippen LogP contribution < -0.4 is 5.32 Å². The van der Waals surface area contributed by atoms with Crippen LogP contribution in [0, 0.1) is 0 Å². The van der Waals surface area contributed by atoms with Gasteiger partial charge in [0.2, 0.25) is 0 Å². The van der Waals surface area contributed by atoms with Crippen molar-refractivity contribution in [1.29, 1.82) is 0 Å². The molecule has 2 amide bonds. The Morgan fingerprint density at radius 1 is 1.24 bits per heavy atom. The van der Waals surface area contributed by atoms with Gasteiger partial charge in [-0.05, 0) is 30.5 Å². The van der Waals surface area contributed by atoms with Crippen LogP contribution in [0.5, 0.6) is 0 Å². The number of urea groups is 1. The molecule has 1 aliphatic heterocycles. The number of halogens is 1. The molecule has 2 heterocycles. The predicted octanol–water partition coefficient (Wildman–Crippen LogP) is 1.94. The topological polar surface area (TPSA) is 90.6 Å². The quantitative estimate of drug-likeness (QED) is 0.773. The van der Waals surface area contributed by atoms with E-state index in [1.807, 2.05) is 24.3 Å². The maximum atomic E-state index is 12.4. The highest BCUT2D eigenvalue weighted by atomic mass is 35.5. The van der Waals surface area contributed by atoms with Crippen molar-refractivity contribution in [1.82, 2.24) is 14.7 Å². The van der Waals surface area contributed by atoms with Gasteiger partial charge in [-0.3, -0.25) is 5.32 Å². The lowest BCUT2D eigenvalue weighted by Crippen LogP contribution is -2.49. The van der Waals surface area contributed by atoms with Crippen molar-refractivity contribution in [3.8, 4) is 0 Å². The number of nitrogens with zero attached hydrogens (tertiary/aromatic N) is 3. The first-order valence-corrected chi connectivity index (χ1v) is 8.52. The number of carbonyl (C=O) groups is 1. The Hall–Kier alpha value is -2.09. The van der Waals surface area contributed by atoms with Crippen LogP contribution in [0.2, 0.25) is 5.02 Å². The zero-order valence-electron chi connectivity index (χ0n) is 13.7. The van der Waals surface area contributed by atoms with Gasteiger partial charge in [0, 0.05) is 24.2 Å². The summed E-state index contributed by atoms with van der Waals surface area (Å²) >= 11 is 5.89. The molecule has 25 heavy (non-hydrogen) atoms. The van der Waals surface area contributed by atoms with Gasteiger partial charge >= 0.3 is 6.03 Å². The number of nitrogens with one attached hydrogen (secondary N) is 1. The maximum Gasteiger partial charge on any atom is 0.323 e. The Balaban J connectivity index is 1.61. The number of anilines is 1. The van der Waals surface area contributed by atoms with Gasteiger partial charge < -0.3 is 15.1 Å². The van der Waals surface area contributed by atoms with Crippen molar-refractivity contribution in [2.75, 3.05) is 25.0 Å². The molecule has 1 aromatic heterocycles. The highest BCUT2D eigenvalue weighted by Crippen LogP contribution is 2.22. The number of hydrogen-bond donors (Lipinski definition) is 3. The largest absolute Gasteiger partial charge is 0.393 e. The van der Waals surface area contributed by atoms with Gasteiger partial charge in [-0.2, -0.15) is 5.10 Å². The van der Waals surface area contributed by atoms with E-state index >= 15 is 0 Å². The molecule has 1 saturated heterocycles. The molecule has 0 atom stereocenters. The van der Waals surface area contributed by atoms with Crippen molar-refractivity contribution in [2.24, 2.45) is 0 Å². The second kappa shape index (κ2) is 7.43. The van der Waals surface area contributed by atoms with Gasteiger partial charge in [-0.25, -0.2) is 9.48 Å². The third kappa shape index (κ3) is 4.31. The molecule has 1 aliphatic rings. The molecule has 1 fully saturated rings. The number of aliphatic hydroxyl groups is 2. The molecular weight excluding hydrogens is 344 g/mol. The maximum absolute atomic E-state index is 12.4. The fourth-order valence-corrected chi connectivity index (χ4v) is 2.93. The van der Waals surface area contributed by atoms with Gasteiger partial charge in [0.05, 0.1) is 24.9 Å². The average molecular weight is 365 g/mol. The molecule has 0 saturated carbocycles. The second-order valence-corrected chi connectivity index (χ2v) is 6.74. The van der Waals surface area contributed by atoms with E-state index in [9.17, 15) is 15.0 Å². The Labute approximate surface area is 150 Å². The number of aromatic nitrogens is 2. The smallest absolute Gasteiger partial charge is 0.323 e. The van der Waals surface area contributed by atoms with E-state index in [2.05, 4.69) is 10.4 Å². The van der Waals surface area contributed by atoms with Crippen molar-refractivity contribution in [2.45, 2.75) is 25.0 Å². The Morgan fingerprint density at radius 2 is 1.92 bits per heavy atom. The molecule has 3 N–H and O–H groups in total. The first-order valence-electron chi connectivity index (χ1n) is 8.14. The minimum Gasteiger partial charge on any atom is -0.393 e. The fourth-order valence-electron chi connectivity index (χ4n) is 2.80. The predicted molar refractivity (Wildman–Crippen MR) is 94.6 cm³/mol. The molecule has 0 bridgehead atoms. The van der Waals surface area contributed by atoms with Gasteiger partial charge in [0.1, 0.15) is 5.82 Å². The first kappa shape index (κ1) is 17.7. The van der Waals surface area contributed by atoms with Gasteiger partial charge in [0.15, 0.2) is 0 Å². The van der Waals surface area contributed by atoms with E-state index < -0.39 is 5.60 Å². The van der Waals surface area contributed by atoms with Gasteiger partial charge in [0.25, 0.3) is 0 Å². The number of aliphatic hydroxyl groups excluding tert-OH is 1. The minimum absolute atomic E-state index is 0.238. The van der Waals surface area contributed by atoms with E-state index in [4.69, 9.17) is 11.6 Å². The lowest BCUT2D eigenvalue weighted by Gasteiger charge is -2.36. The normalized spacial score (nSPS) is 16.7. The van der Waals surface area contributed by atoms with Crippen LogP contribution in [0.3, 0.4) is 0 Å². The van der Waals surface area contributed by atoms with Gasteiger partial charge in [-0.1, -0.05) is 23.7 Å². The molecule has 3 rings (SSSR count). The summed E-state index contributed by atoms with van der Waals surface area (Å²) in [5, 5.41) is 27.0. The summed E-state index contributed by atoms with van der Waals surface area (Å²) in [5.74, 6) is 0.600. The van der Waals surface area contributed by atoms with Crippen LogP contribution in [0.15, 0.2) is 36.5 Å². The average Bonchev–Trinajstić information content (AvgIpc) is 3.04. The lowest BCUT2D eigenvalue weighted by molar-refractivity contribution is -0.0519. The van der Waals surface area contributed by atoms with E-state index in [1.165, 1.54) is 0 Å². The third-order valence-electron chi connectivity index (χ3n) is 4.47. The SMILES string of the molecule is O=C(Nc1ccnn1Cc1ccc(Cl)cc1)N1CCC(O)(CO)CC1. The number of benzene rings is 1. The highest BCUT2D eigenvalue weighted by molar-refractivity contribution is 6.30. The molecule has 2 aromatic rings. The standard InChI is InChI=1S/C17H21ClN4O3/c18-14-3-1-13(2-4-14)11-22-15(5-8-19-22)20-16(24)21-9-6-17(25,12-23)7-10-21/h1-5,8,23,25H,6-7,9-12H2,(H,20,24). The van der Waals surface area contributed by atoms with Crippen LogP contribution in [-0.2, 0) is 6.54 Å². The van der Waals surface area contributed by atoms with Crippen LogP contribution >= 0.6 is 11.6 Å². The summed E-state index contributed by atoms with van der Waals surface area (Å²) in [7, 11) is 0. The lowest BCUT2D eigenvalue weighted by atomic mass is 9.93. The van der Waals surface area contributed by atoms with E-state index in [1.54, 1.807) is 21.8 Å². The first-order chi connectivity index (χ1) is 12.0. The molecule has 1 aromatic carbocycles. The number of hydrogen-bond acceptors (Lipinski definition) is 4. The Morgan fingerprint density at radius 3 is 2.56 bits per heavy atom. The Bertz CT molecular complexity index is 724. The highest BCUT2D eigenvalue weighted by Gasteiger charge is 2.33. The number of rotatable bonds is 4. The molecule has 0 spiro atoms. The summed E-state index contributed by atoms with van der Waals surface area (Å²) in [4.78, 5) is 14.1. The zero-order valence-corrected chi connectivity index (χ0v) is 14.5. The minimum atomic E-state index is -1.08. The van der Waals surface area contributed by atoms with Crippen molar-refractivity contribution in [3.05, 3.63) is 47.1 Å². The number of piperidine rings is 1. The number of carbonyl (C=O) groups excluding carboxylic acids is 1. The summed E-state index contributed by atoms with van der Waals surface area (Å²) in [5.41, 5.74) is -0.0535. The molecular formula is C17H21ClN4O3. The van der Waals surface area contributed by atoms with E-state index in [0.29, 0.717) is 43.3 Å². The monoisotopic (exact) mass is 364 g/mol. The van der Waals surface area contributed by atoms with E-state index in [0.717, 1.165) is 5.56 Å². The van der Waals surface area contributed by atoms with E-state index in [-0.39, 0.29) is 12.6 Å². The summed E-state index contributed by atoms with van der Waals surface area (Å²) in [6.07, 6.45) is 2.36. The van der Waals surface area contributed by atoms with Gasteiger partial charge in [-0.15, -0.1) is 0 Å². The van der Waals surface area contributed by atoms with Crippen LogP contribution in [-0.4, -0.2) is 56.2 Å². The zero-order chi connectivity index (χ0) is 17.9. The molecule has 134 valence electrons. The summed E-state index contributed by atoms with van der Waals surface area (Å²) < 4.78 is 1.70. The van der Waals surface area contributed by atoms with Crippen LogP contribution in [0.25, 0.3) is 0 Å². The number of amides is 2. The molecule has 0 aliphatic carbocycles. The van der Waals surface area contributed by atoms with Crippen molar-refractivity contribution < 1.29 is 15.0 Å². The van der Waals surface area contributed by atoms with Crippen molar-refractivity contribution in [3.63, 3.8) is 0 Å². The summed E-state index contributed by atoms with van der Waals surface area (Å²) in [6, 6.07) is 8.95. The van der Waals surface area contributed by atoms with Crippen molar-refractivity contribution >= 4 is 23.4 Å². The third-order valence-corrected chi connectivity index (χ3v) is 4.72. The Kier molecular flexibility index (Phi) is 5.27. The molecule has 8 heteroatoms. The van der Waals surface area contributed by atoms with Crippen LogP contribution in [0.1, 0.15) is 18.4 Å². The molecule has 0 radical (unpaired) electrons. The molecule has 7 nitrogen and oxygen atoms in total. The summed E-state index contributed by atoms with van der Waals surface area (Å²) in [6.45, 7) is 1.03.